The summed E-state index contributed by atoms with van der Waals surface area (Å²) in [5.74, 6) is 0.598. The minimum absolute atomic E-state index is 0.0766. The molecule has 0 aromatic heterocycles. The molecule has 2 N–H and O–H groups in total. The average molecular weight is 251 g/mol. The molecule has 2 aliphatic rings. The Bertz CT molecular complexity index is 513. The van der Waals surface area contributed by atoms with Crippen LogP contribution in [0.25, 0.3) is 0 Å². The molecule has 17 heavy (non-hydrogen) atoms. The zero-order valence-electron chi connectivity index (χ0n) is 9.67. The number of hydrogen-bond donors (Lipinski definition) is 1. The van der Waals surface area contributed by atoms with Gasteiger partial charge in [-0.15, -0.1) is 0 Å². The summed E-state index contributed by atoms with van der Waals surface area (Å²) in [5, 5.41) is -0.134. The Morgan fingerprint density at radius 2 is 1.65 bits per heavy atom. The summed E-state index contributed by atoms with van der Waals surface area (Å²) >= 11 is 0. The first-order chi connectivity index (χ1) is 8.09. The first-order valence-corrected chi connectivity index (χ1v) is 7.73. The van der Waals surface area contributed by atoms with Crippen molar-refractivity contribution in [3.05, 3.63) is 29.8 Å². The first-order valence-electron chi connectivity index (χ1n) is 6.18. The molecule has 4 heteroatoms. The fraction of sp³-hybridized carbons (Fsp3) is 0.538. The van der Waals surface area contributed by atoms with E-state index < -0.39 is 9.84 Å². The second kappa shape index (κ2) is 3.82. The van der Waals surface area contributed by atoms with Gasteiger partial charge in [0.05, 0.1) is 10.1 Å². The first kappa shape index (κ1) is 11.2. The van der Waals surface area contributed by atoms with Crippen molar-refractivity contribution in [1.29, 1.82) is 0 Å². The lowest BCUT2D eigenvalue weighted by Gasteiger charge is -2.11. The Morgan fingerprint density at radius 3 is 2.12 bits per heavy atom. The van der Waals surface area contributed by atoms with Gasteiger partial charge in [0.15, 0.2) is 9.84 Å². The van der Waals surface area contributed by atoms with Crippen molar-refractivity contribution in [2.45, 2.75) is 41.9 Å². The number of hydrogen-bond acceptors (Lipinski definition) is 3. The fourth-order valence-corrected chi connectivity index (χ4v) is 3.84. The Labute approximate surface area is 102 Å². The summed E-state index contributed by atoms with van der Waals surface area (Å²) in [6.07, 6.45) is 4.02. The van der Waals surface area contributed by atoms with Gasteiger partial charge in [-0.3, -0.25) is 0 Å². The van der Waals surface area contributed by atoms with Gasteiger partial charge in [-0.2, -0.15) is 0 Å². The number of rotatable bonds is 4. The van der Waals surface area contributed by atoms with E-state index in [0.29, 0.717) is 10.8 Å². The molecular weight excluding hydrogens is 234 g/mol. The second-order valence-electron chi connectivity index (χ2n) is 5.18. The predicted molar refractivity (Wildman–Crippen MR) is 66.3 cm³/mol. The van der Waals surface area contributed by atoms with Gasteiger partial charge in [0.1, 0.15) is 0 Å². The molecule has 0 saturated heterocycles. The minimum Gasteiger partial charge on any atom is -0.324 e. The van der Waals surface area contributed by atoms with Gasteiger partial charge < -0.3 is 5.73 Å². The topological polar surface area (TPSA) is 60.2 Å². The molecule has 3 nitrogen and oxygen atoms in total. The van der Waals surface area contributed by atoms with E-state index in [-0.39, 0.29) is 11.3 Å². The van der Waals surface area contributed by atoms with Gasteiger partial charge in [-0.25, -0.2) is 8.42 Å². The highest BCUT2D eigenvalue weighted by Gasteiger charge is 2.37. The summed E-state index contributed by atoms with van der Waals surface area (Å²) in [6.45, 7) is 0. The van der Waals surface area contributed by atoms with E-state index in [2.05, 4.69) is 0 Å². The van der Waals surface area contributed by atoms with Crippen molar-refractivity contribution in [1.82, 2.24) is 0 Å². The molecule has 0 heterocycles. The van der Waals surface area contributed by atoms with E-state index in [9.17, 15) is 8.42 Å². The maximum absolute atomic E-state index is 12.0. The van der Waals surface area contributed by atoms with Crippen LogP contribution in [0.3, 0.4) is 0 Å². The second-order valence-corrected chi connectivity index (χ2v) is 7.40. The molecule has 0 bridgehead atoms. The molecule has 2 fully saturated rings. The Balaban J connectivity index is 1.84. The van der Waals surface area contributed by atoms with E-state index in [0.717, 1.165) is 18.4 Å². The molecule has 0 spiro atoms. The highest BCUT2D eigenvalue weighted by molar-refractivity contribution is 7.92. The number of sulfone groups is 1. The van der Waals surface area contributed by atoms with E-state index in [1.54, 1.807) is 12.1 Å². The molecule has 0 aliphatic heterocycles. The molecule has 0 amide bonds. The van der Waals surface area contributed by atoms with Crippen LogP contribution < -0.4 is 5.73 Å². The largest absolute Gasteiger partial charge is 0.324 e. The van der Waals surface area contributed by atoms with E-state index in [1.807, 2.05) is 12.1 Å². The third kappa shape index (κ3) is 2.11. The molecule has 92 valence electrons. The van der Waals surface area contributed by atoms with Crippen LogP contribution in [0.4, 0.5) is 0 Å². The van der Waals surface area contributed by atoms with E-state index in [4.69, 9.17) is 5.73 Å². The smallest absolute Gasteiger partial charge is 0.181 e. The molecule has 1 aromatic rings. The lowest BCUT2D eigenvalue weighted by molar-refractivity contribution is 0.594. The van der Waals surface area contributed by atoms with Crippen LogP contribution in [0.2, 0.25) is 0 Å². The highest BCUT2D eigenvalue weighted by Crippen LogP contribution is 2.40. The molecule has 3 rings (SSSR count). The van der Waals surface area contributed by atoms with Crippen molar-refractivity contribution < 1.29 is 8.42 Å². The summed E-state index contributed by atoms with van der Waals surface area (Å²) in [4.78, 5) is 0.451. The fourth-order valence-electron chi connectivity index (χ4n) is 2.18. The lowest BCUT2D eigenvalue weighted by atomic mass is 10.0. The maximum Gasteiger partial charge on any atom is 0.181 e. The highest BCUT2D eigenvalue weighted by atomic mass is 32.2. The Morgan fingerprint density at radius 1 is 1.06 bits per heavy atom. The minimum atomic E-state index is -3.05. The van der Waals surface area contributed by atoms with Crippen LogP contribution in [0.15, 0.2) is 29.2 Å². The zero-order chi connectivity index (χ0) is 12.0. The van der Waals surface area contributed by atoms with Crippen molar-refractivity contribution in [2.75, 3.05) is 0 Å². The molecule has 1 atom stereocenters. The molecule has 2 saturated carbocycles. The van der Waals surface area contributed by atoms with Crippen LogP contribution >= 0.6 is 0 Å². The number of benzene rings is 1. The summed E-state index contributed by atoms with van der Waals surface area (Å²) < 4.78 is 24.0. The number of nitrogens with two attached hydrogens (primary N) is 1. The van der Waals surface area contributed by atoms with Crippen molar-refractivity contribution >= 4 is 9.84 Å². The SMILES string of the molecule is N[C@@H](c1ccc(S(=O)(=O)C2CC2)cc1)C1CC1. The third-order valence-electron chi connectivity index (χ3n) is 3.69. The maximum atomic E-state index is 12.0. The van der Waals surface area contributed by atoms with Gasteiger partial charge in [-0.1, -0.05) is 12.1 Å². The zero-order valence-corrected chi connectivity index (χ0v) is 10.5. The van der Waals surface area contributed by atoms with Gasteiger partial charge >= 0.3 is 0 Å². The van der Waals surface area contributed by atoms with Crippen LogP contribution in [-0.2, 0) is 9.84 Å². The molecular formula is C13H17NO2S. The van der Waals surface area contributed by atoms with Gasteiger partial charge in [0.2, 0.25) is 0 Å². The van der Waals surface area contributed by atoms with Crippen molar-refractivity contribution in [3.63, 3.8) is 0 Å². The standard InChI is InChI=1S/C13H17NO2S/c14-13(9-1-2-9)10-3-5-11(6-4-10)17(15,16)12-7-8-12/h3-6,9,12-13H,1-2,7-8,14H2/t13-/m1/s1. The van der Waals surface area contributed by atoms with E-state index in [1.165, 1.54) is 12.8 Å². The van der Waals surface area contributed by atoms with Crippen molar-refractivity contribution in [2.24, 2.45) is 11.7 Å². The van der Waals surface area contributed by atoms with E-state index >= 15 is 0 Å². The van der Waals surface area contributed by atoms with Crippen LogP contribution in [0.1, 0.15) is 37.3 Å². The molecule has 1 aromatic carbocycles. The van der Waals surface area contributed by atoms with Crippen molar-refractivity contribution in [3.8, 4) is 0 Å². The quantitative estimate of drug-likeness (QED) is 0.890. The summed E-state index contributed by atoms with van der Waals surface area (Å²) in [6, 6.07) is 7.25. The predicted octanol–water partition coefficient (Wildman–Crippen LogP) is 2.03. The van der Waals surface area contributed by atoms with Gasteiger partial charge in [-0.05, 0) is 49.3 Å². The van der Waals surface area contributed by atoms with Gasteiger partial charge in [0, 0.05) is 6.04 Å². The summed E-state index contributed by atoms with van der Waals surface area (Å²) in [5.41, 5.74) is 7.14. The average Bonchev–Trinajstić information content (AvgIpc) is 3.20. The molecule has 0 radical (unpaired) electrons. The van der Waals surface area contributed by atoms with Crippen LogP contribution in [0, 0.1) is 5.92 Å². The lowest BCUT2D eigenvalue weighted by Crippen LogP contribution is -2.13. The third-order valence-corrected chi connectivity index (χ3v) is 5.96. The molecule has 2 aliphatic carbocycles. The van der Waals surface area contributed by atoms with Crippen LogP contribution in [0.5, 0.6) is 0 Å². The van der Waals surface area contributed by atoms with Crippen LogP contribution in [-0.4, -0.2) is 13.7 Å². The Kier molecular flexibility index (Phi) is 2.52. The van der Waals surface area contributed by atoms with Gasteiger partial charge in [0.25, 0.3) is 0 Å². The normalized spacial score (nSPS) is 22.4. The monoisotopic (exact) mass is 251 g/mol. The molecule has 0 unspecified atom stereocenters. The Hall–Kier alpha value is -0.870. The summed E-state index contributed by atoms with van der Waals surface area (Å²) in [7, 11) is -3.05.